The van der Waals surface area contributed by atoms with Crippen molar-refractivity contribution in [2.24, 2.45) is 0 Å². The van der Waals surface area contributed by atoms with E-state index in [0.29, 0.717) is 12.3 Å². The number of thioether (sulfide) groups is 1. The number of anilines is 2. The lowest BCUT2D eigenvalue weighted by Crippen LogP contribution is -2.37. The molecule has 0 aromatic heterocycles. The van der Waals surface area contributed by atoms with Gasteiger partial charge in [-0.05, 0) is 59.0 Å². The average Bonchev–Trinajstić information content (AvgIpc) is 2.56. The molecule has 4 nitrogen and oxygen atoms in total. The van der Waals surface area contributed by atoms with Gasteiger partial charge in [-0.3, -0.25) is 9.59 Å². The van der Waals surface area contributed by atoms with Crippen molar-refractivity contribution in [1.82, 2.24) is 0 Å². The predicted molar refractivity (Wildman–Crippen MR) is 102 cm³/mol. The van der Waals surface area contributed by atoms with Gasteiger partial charge in [0.1, 0.15) is 0 Å². The lowest BCUT2D eigenvalue weighted by Gasteiger charge is -2.28. The van der Waals surface area contributed by atoms with Gasteiger partial charge in [0.15, 0.2) is 0 Å². The van der Waals surface area contributed by atoms with Crippen molar-refractivity contribution in [3.05, 3.63) is 52.1 Å². The Kier molecular flexibility index (Phi) is 5.22. The van der Waals surface area contributed by atoms with E-state index in [4.69, 9.17) is 0 Å². The van der Waals surface area contributed by atoms with E-state index in [2.05, 4.69) is 27.9 Å². The van der Waals surface area contributed by atoms with Crippen LogP contribution >= 0.6 is 34.4 Å². The third kappa shape index (κ3) is 4.06. The minimum atomic E-state index is -0.0882. The molecule has 0 saturated carbocycles. The SMILES string of the molecule is O=C(CCN1C(=O)CSc2ccccc21)Nc1ccc(I)cc1. The number of carbonyl (C=O) groups is 2. The molecule has 0 aliphatic carbocycles. The summed E-state index contributed by atoms with van der Waals surface area (Å²) in [4.78, 5) is 27.0. The Bertz CT molecular complexity index is 734. The molecule has 3 rings (SSSR count). The van der Waals surface area contributed by atoms with Gasteiger partial charge >= 0.3 is 0 Å². The van der Waals surface area contributed by atoms with Crippen LogP contribution < -0.4 is 10.2 Å². The van der Waals surface area contributed by atoms with Gasteiger partial charge in [0.05, 0.1) is 11.4 Å². The summed E-state index contributed by atoms with van der Waals surface area (Å²) in [5, 5.41) is 2.86. The molecule has 1 aliphatic heterocycles. The van der Waals surface area contributed by atoms with Crippen LogP contribution in [0.3, 0.4) is 0 Å². The van der Waals surface area contributed by atoms with Gasteiger partial charge in [-0.15, -0.1) is 11.8 Å². The summed E-state index contributed by atoms with van der Waals surface area (Å²) < 4.78 is 1.12. The fourth-order valence-electron chi connectivity index (χ4n) is 2.37. The molecule has 1 heterocycles. The summed E-state index contributed by atoms with van der Waals surface area (Å²) in [6.07, 6.45) is 0.275. The van der Waals surface area contributed by atoms with Crippen LogP contribution in [-0.2, 0) is 9.59 Å². The van der Waals surface area contributed by atoms with Crippen molar-refractivity contribution in [1.29, 1.82) is 0 Å². The third-order valence-electron chi connectivity index (χ3n) is 3.50. The van der Waals surface area contributed by atoms with Crippen molar-refractivity contribution < 1.29 is 9.59 Å². The number of nitrogens with one attached hydrogen (secondary N) is 1. The van der Waals surface area contributed by atoms with Crippen LogP contribution in [0.2, 0.25) is 0 Å². The van der Waals surface area contributed by atoms with Crippen molar-refractivity contribution in [2.45, 2.75) is 11.3 Å². The van der Waals surface area contributed by atoms with Gasteiger partial charge in [-0.25, -0.2) is 0 Å². The molecule has 0 unspecified atom stereocenters. The number of para-hydroxylation sites is 1. The van der Waals surface area contributed by atoms with Crippen LogP contribution in [0.25, 0.3) is 0 Å². The standard InChI is InChI=1S/C17H15IN2O2S/c18-12-5-7-13(8-6-12)19-16(21)9-10-20-14-3-1-2-4-15(14)23-11-17(20)22/h1-8H,9-11H2,(H,19,21). The highest BCUT2D eigenvalue weighted by molar-refractivity contribution is 14.1. The Hall–Kier alpha value is -1.54. The summed E-state index contributed by atoms with van der Waals surface area (Å²) in [7, 11) is 0. The molecule has 6 heteroatoms. The Morgan fingerprint density at radius 3 is 2.70 bits per heavy atom. The molecule has 2 aromatic carbocycles. The van der Waals surface area contributed by atoms with Crippen LogP contribution in [0, 0.1) is 3.57 Å². The van der Waals surface area contributed by atoms with Gasteiger partial charge in [0, 0.05) is 27.1 Å². The van der Waals surface area contributed by atoms with E-state index >= 15 is 0 Å². The molecule has 2 amide bonds. The van der Waals surface area contributed by atoms with E-state index in [1.807, 2.05) is 48.5 Å². The minimum absolute atomic E-state index is 0.0516. The molecule has 1 aliphatic rings. The second-order valence-corrected chi connectivity index (χ2v) is 7.37. The van der Waals surface area contributed by atoms with Gasteiger partial charge in [-0.2, -0.15) is 0 Å². The molecular weight excluding hydrogens is 423 g/mol. The number of hydrogen-bond donors (Lipinski definition) is 1. The quantitative estimate of drug-likeness (QED) is 0.740. The number of benzene rings is 2. The monoisotopic (exact) mass is 438 g/mol. The summed E-state index contributed by atoms with van der Waals surface area (Å²) in [5.41, 5.74) is 1.67. The van der Waals surface area contributed by atoms with Crippen molar-refractivity contribution >= 4 is 57.5 Å². The maximum atomic E-state index is 12.1. The fraction of sp³-hybridized carbons (Fsp3) is 0.176. The van der Waals surface area contributed by atoms with E-state index in [1.54, 1.807) is 16.7 Å². The van der Waals surface area contributed by atoms with E-state index in [1.165, 1.54) is 0 Å². The number of halogens is 1. The molecule has 0 bridgehead atoms. The lowest BCUT2D eigenvalue weighted by molar-refractivity contribution is -0.117. The van der Waals surface area contributed by atoms with Gasteiger partial charge < -0.3 is 10.2 Å². The average molecular weight is 438 g/mol. The first-order valence-corrected chi connectivity index (χ1v) is 9.27. The number of carbonyl (C=O) groups excluding carboxylic acids is 2. The molecule has 0 radical (unpaired) electrons. The summed E-state index contributed by atoms with van der Waals surface area (Å²) >= 11 is 3.77. The zero-order valence-corrected chi connectivity index (χ0v) is 15.3. The third-order valence-corrected chi connectivity index (χ3v) is 5.27. The second-order valence-electron chi connectivity index (χ2n) is 5.11. The van der Waals surface area contributed by atoms with Crippen LogP contribution in [0.1, 0.15) is 6.42 Å². The number of amides is 2. The van der Waals surface area contributed by atoms with Crippen LogP contribution in [0.5, 0.6) is 0 Å². The summed E-state index contributed by atoms with van der Waals surface area (Å²) in [5.74, 6) is 0.390. The summed E-state index contributed by atoms with van der Waals surface area (Å²) in [6, 6.07) is 15.4. The van der Waals surface area contributed by atoms with E-state index in [0.717, 1.165) is 19.8 Å². The van der Waals surface area contributed by atoms with Crippen molar-refractivity contribution in [2.75, 3.05) is 22.5 Å². The highest BCUT2D eigenvalue weighted by Gasteiger charge is 2.24. The topological polar surface area (TPSA) is 49.4 Å². The molecule has 0 fully saturated rings. The molecule has 23 heavy (non-hydrogen) atoms. The number of rotatable bonds is 4. The molecule has 2 aromatic rings. The van der Waals surface area contributed by atoms with Crippen LogP contribution in [0.4, 0.5) is 11.4 Å². The molecular formula is C17H15IN2O2S. The maximum Gasteiger partial charge on any atom is 0.237 e. The molecule has 1 N–H and O–H groups in total. The van der Waals surface area contributed by atoms with Crippen molar-refractivity contribution in [3.8, 4) is 0 Å². The first kappa shape index (κ1) is 16.3. The zero-order valence-electron chi connectivity index (χ0n) is 12.3. The number of fused-ring (bicyclic) bond motifs is 1. The highest BCUT2D eigenvalue weighted by atomic mass is 127. The Labute approximate surface area is 152 Å². The zero-order chi connectivity index (χ0) is 16.2. The van der Waals surface area contributed by atoms with E-state index in [9.17, 15) is 9.59 Å². The van der Waals surface area contributed by atoms with Crippen LogP contribution in [-0.4, -0.2) is 24.1 Å². The van der Waals surface area contributed by atoms with Crippen LogP contribution in [0.15, 0.2) is 53.4 Å². The largest absolute Gasteiger partial charge is 0.326 e. The van der Waals surface area contributed by atoms with Gasteiger partial charge in [0.2, 0.25) is 11.8 Å². The summed E-state index contributed by atoms with van der Waals surface area (Å²) in [6.45, 7) is 0.395. The molecule has 0 saturated heterocycles. The lowest BCUT2D eigenvalue weighted by atomic mass is 10.2. The predicted octanol–water partition coefficient (Wildman–Crippen LogP) is 3.76. The minimum Gasteiger partial charge on any atom is -0.326 e. The number of nitrogens with zero attached hydrogens (tertiary/aromatic N) is 1. The first-order chi connectivity index (χ1) is 11.1. The van der Waals surface area contributed by atoms with Gasteiger partial charge in [-0.1, -0.05) is 12.1 Å². The molecule has 118 valence electrons. The maximum absolute atomic E-state index is 12.1. The molecule has 0 atom stereocenters. The normalized spacial score (nSPS) is 13.6. The fourth-order valence-corrected chi connectivity index (χ4v) is 3.66. The smallest absolute Gasteiger partial charge is 0.237 e. The van der Waals surface area contributed by atoms with E-state index in [-0.39, 0.29) is 18.2 Å². The second kappa shape index (κ2) is 7.35. The van der Waals surface area contributed by atoms with Crippen molar-refractivity contribution in [3.63, 3.8) is 0 Å². The number of hydrogen-bond acceptors (Lipinski definition) is 3. The van der Waals surface area contributed by atoms with Gasteiger partial charge in [0.25, 0.3) is 0 Å². The Balaban J connectivity index is 1.62. The van der Waals surface area contributed by atoms with E-state index < -0.39 is 0 Å². The Morgan fingerprint density at radius 2 is 1.91 bits per heavy atom. The molecule has 0 spiro atoms. The first-order valence-electron chi connectivity index (χ1n) is 7.21. The Morgan fingerprint density at radius 1 is 1.17 bits per heavy atom. The highest BCUT2D eigenvalue weighted by Crippen LogP contribution is 2.34.